The summed E-state index contributed by atoms with van der Waals surface area (Å²) in [6, 6.07) is 1.98. The van der Waals surface area contributed by atoms with Gasteiger partial charge in [0.2, 0.25) is 0 Å². The third-order valence-electron chi connectivity index (χ3n) is 1.48. The van der Waals surface area contributed by atoms with Crippen molar-refractivity contribution in [2.24, 2.45) is 0 Å². The fourth-order valence-corrected chi connectivity index (χ4v) is 3.10. The largest absolute Gasteiger partial charge is 0.490 e. The standard InChI is InChI=1S/C6H5BO2S2/c8-7(9)4-3-11-5-1-2-10-6(4)5/h1-3,8-9H. The molecule has 0 atom stereocenters. The predicted octanol–water partition coefficient (Wildman–Crippen LogP) is 0.643. The Kier molecular flexibility index (Phi) is 1.73. The Balaban J connectivity index is 2.68. The summed E-state index contributed by atoms with van der Waals surface area (Å²) in [5, 5.41) is 21.5. The molecule has 0 fully saturated rings. The van der Waals surface area contributed by atoms with Crippen LogP contribution in [0.2, 0.25) is 0 Å². The van der Waals surface area contributed by atoms with Gasteiger partial charge in [0.05, 0.1) is 0 Å². The maximum Gasteiger partial charge on any atom is 0.490 e. The molecule has 2 heterocycles. The van der Waals surface area contributed by atoms with Crippen molar-refractivity contribution in [3.63, 3.8) is 0 Å². The lowest BCUT2D eigenvalue weighted by Gasteiger charge is -1.90. The molecule has 0 saturated carbocycles. The molecule has 0 aromatic carbocycles. The van der Waals surface area contributed by atoms with E-state index in [0.29, 0.717) is 5.46 Å². The van der Waals surface area contributed by atoms with Gasteiger partial charge in [-0.25, -0.2) is 0 Å². The van der Waals surface area contributed by atoms with Gasteiger partial charge in [-0.1, -0.05) is 0 Å². The lowest BCUT2D eigenvalue weighted by atomic mass is 9.83. The second-order valence-corrected chi connectivity index (χ2v) is 4.01. The van der Waals surface area contributed by atoms with Gasteiger partial charge in [-0.05, 0) is 16.8 Å². The lowest BCUT2D eigenvalue weighted by molar-refractivity contribution is 0.426. The van der Waals surface area contributed by atoms with Crippen molar-refractivity contribution in [3.8, 4) is 0 Å². The molecule has 2 aromatic rings. The molecule has 2 N–H and O–H groups in total. The maximum atomic E-state index is 8.90. The molecule has 0 bridgehead atoms. The van der Waals surface area contributed by atoms with Crippen LogP contribution in [0.4, 0.5) is 0 Å². The second kappa shape index (κ2) is 2.60. The molecule has 56 valence electrons. The zero-order valence-corrected chi connectivity index (χ0v) is 7.15. The third kappa shape index (κ3) is 1.10. The number of hydrogen-bond donors (Lipinski definition) is 2. The van der Waals surface area contributed by atoms with Crippen LogP contribution in [0.5, 0.6) is 0 Å². The van der Waals surface area contributed by atoms with Gasteiger partial charge in [0.15, 0.2) is 0 Å². The van der Waals surface area contributed by atoms with Gasteiger partial charge in [0.25, 0.3) is 0 Å². The quantitative estimate of drug-likeness (QED) is 0.638. The number of rotatable bonds is 1. The zero-order valence-electron chi connectivity index (χ0n) is 5.52. The molecule has 0 amide bonds. The van der Waals surface area contributed by atoms with Crippen LogP contribution in [0.25, 0.3) is 9.40 Å². The van der Waals surface area contributed by atoms with Crippen molar-refractivity contribution in [1.29, 1.82) is 0 Å². The topological polar surface area (TPSA) is 40.5 Å². The van der Waals surface area contributed by atoms with Crippen molar-refractivity contribution in [2.75, 3.05) is 0 Å². The summed E-state index contributed by atoms with van der Waals surface area (Å²) in [5.41, 5.74) is 0.625. The highest BCUT2D eigenvalue weighted by Gasteiger charge is 2.16. The second-order valence-electron chi connectivity index (χ2n) is 2.18. The number of fused-ring (bicyclic) bond motifs is 1. The van der Waals surface area contributed by atoms with Crippen molar-refractivity contribution in [2.45, 2.75) is 0 Å². The van der Waals surface area contributed by atoms with Crippen molar-refractivity contribution >= 4 is 44.7 Å². The molecule has 0 aliphatic carbocycles. The van der Waals surface area contributed by atoms with Crippen LogP contribution in [0.15, 0.2) is 16.8 Å². The third-order valence-corrected chi connectivity index (χ3v) is 3.54. The van der Waals surface area contributed by atoms with E-state index < -0.39 is 7.12 Å². The first-order valence-corrected chi connectivity index (χ1v) is 4.85. The van der Waals surface area contributed by atoms with E-state index in [4.69, 9.17) is 10.0 Å². The molecule has 5 heteroatoms. The van der Waals surface area contributed by atoms with Crippen LogP contribution in [-0.2, 0) is 0 Å². The average Bonchev–Trinajstić information content (AvgIpc) is 2.41. The molecular weight excluding hydrogens is 179 g/mol. The van der Waals surface area contributed by atoms with Crippen molar-refractivity contribution in [3.05, 3.63) is 16.8 Å². The smallest absolute Gasteiger partial charge is 0.423 e. The van der Waals surface area contributed by atoms with E-state index in [1.165, 1.54) is 22.7 Å². The van der Waals surface area contributed by atoms with E-state index in [0.717, 1.165) is 9.40 Å². The minimum Gasteiger partial charge on any atom is -0.423 e. The summed E-state index contributed by atoms with van der Waals surface area (Å²) in [6.07, 6.45) is 0. The SMILES string of the molecule is OB(O)c1csc2ccsc12. The monoisotopic (exact) mass is 184 g/mol. The molecule has 2 nitrogen and oxygen atoms in total. The fourth-order valence-electron chi connectivity index (χ4n) is 0.959. The van der Waals surface area contributed by atoms with Gasteiger partial charge in [-0.2, -0.15) is 0 Å². The van der Waals surface area contributed by atoms with E-state index in [-0.39, 0.29) is 0 Å². The average molecular weight is 184 g/mol. The van der Waals surface area contributed by atoms with Gasteiger partial charge in [0, 0.05) is 14.9 Å². The molecule has 0 spiro atoms. The van der Waals surface area contributed by atoms with Crippen LogP contribution in [-0.4, -0.2) is 17.2 Å². The van der Waals surface area contributed by atoms with Crippen LogP contribution in [0.3, 0.4) is 0 Å². The molecule has 2 rings (SSSR count). The fraction of sp³-hybridized carbons (Fsp3) is 0. The summed E-state index contributed by atoms with van der Waals surface area (Å²) in [5.74, 6) is 0. The predicted molar refractivity (Wildman–Crippen MR) is 49.5 cm³/mol. The van der Waals surface area contributed by atoms with E-state index in [9.17, 15) is 0 Å². The highest BCUT2D eigenvalue weighted by Crippen LogP contribution is 2.24. The molecular formula is C6H5BO2S2. The van der Waals surface area contributed by atoms with E-state index in [2.05, 4.69) is 0 Å². The first-order chi connectivity index (χ1) is 5.29. The van der Waals surface area contributed by atoms with Gasteiger partial charge in [0.1, 0.15) is 0 Å². The molecule has 2 aromatic heterocycles. The van der Waals surface area contributed by atoms with Crippen molar-refractivity contribution in [1.82, 2.24) is 0 Å². The van der Waals surface area contributed by atoms with Crippen LogP contribution in [0, 0.1) is 0 Å². The van der Waals surface area contributed by atoms with Gasteiger partial charge >= 0.3 is 7.12 Å². The zero-order chi connectivity index (χ0) is 7.84. The van der Waals surface area contributed by atoms with Crippen LogP contribution < -0.4 is 5.46 Å². The van der Waals surface area contributed by atoms with Gasteiger partial charge in [-0.3, -0.25) is 0 Å². The van der Waals surface area contributed by atoms with Gasteiger partial charge in [-0.15, -0.1) is 22.7 Å². The molecule has 0 unspecified atom stereocenters. The first kappa shape index (κ1) is 7.30. The first-order valence-electron chi connectivity index (χ1n) is 3.10. The molecule has 11 heavy (non-hydrogen) atoms. The van der Waals surface area contributed by atoms with Gasteiger partial charge < -0.3 is 10.0 Å². The summed E-state index contributed by atoms with van der Waals surface area (Å²) in [6.45, 7) is 0. The molecule has 0 aliphatic rings. The Bertz CT molecular complexity index is 365. The Labute approximate surface area is 71.9 Å². The van der Waals surface area contributed by atoms with Crippen LogP contribution in [0.1, 0.15) is 0 Å². The van der Waals surface area contributed by atoms with Crippen LogP contribution >= 0.6 is 22.7 Å². The lowest BCUT2D eigenvalue weighted by Crippen LogP contribution is -2.28. The van der Waals surface area contributed by atoms with E-state index >= 15 is 0 Å². The number of thiophene rings is 2. The highest BCUT2D eigenvalue weighted by atomic mass is 32.1. The molecule has 0 saturated heterocycles. The van der Waals surface area contributed by atoms with E-state index in [1.54, 1.807) is 5.38 Å². The minimum atomic E-state index is -1.33. The number of hydrogen-bond acceptors (Lipinski definition) is 4. The van der Waals surface area contributed by atoms with Crippen molar-refractivity contribution < 1.29 is 10.0 Å². The summed E-state index contributed by atoms with van der Waals surface area (Å²) >= 11 is 3.08. The Hall–Kier alpha value is -0.355. The summed E-state index contributed by atoms with van der Waals surface area (Å²) in [7, 11) is -1.33. The summed E-state index contributed by atoms with van der Waals surface area (Å²) < 4.78 is 2.11. The minimum absolute atomic E-state index is 0.625. The molecule has 0 radical (unpaired) electrons. The Morgan fingerprint density at radius 2 is 2.09 bits per heavy atom. The normalized spacial score (nSPS) is 10.7. The summed E-state index contributed by atoms with van der Waals surface area (Å²) in [4.78, 5) is 0. The molecule has 0 aliphatic heterocycles. The maximum absolute atomic E-state index is 8.90. The Morgan fingerprint density at radius 1 is 1.27 bits per heavy atom. The Morgan fingerprint density at radius 3 is 2.82 bits per heavy atom. The van der Waals surface area contributed by atoms with E-state index in [1.807, 2.05) is 11.4 Å². The highest BCUT2D eigenvalue weighted by molar-refractivity contribution is 7.28.